The minimum atomic E-state index is -1.10. The molecule has 1 aromatic rings. The molecule has 0 fully saturated rings. The van der Waals surface area contributed by atoms with E-state index in [-0.39, 0.29) is 11.1 Å². The highest BCUT2D eigenvalue weighted by Gasteiger charge is 2.19. The van der Waals surface area contributed by atoms with Gasteiger partial charge in [-0.25, -0.2) is 9.59 Å². The minimum absolute atomic E-state index is 0.0508. The SMILES string of the molecule is Cc1c(C(=O)O)ccc(CC(C)C)c1C(=O)O. The maximum atomic E-state index is 11.2. The first-order valence-corrected chi connectivity index (χ1v) is 5.43. The largest absolute Gasteiger partial charge is 0.478 e. The van der Waals surface area contributed by atoms with E-state index in [2.05, 4.69) is 0 Å². The molecule has 92 valence electrons. The van der Waals surface area contributed by atoms with E-state index in [1.807, 2.05) is 13.8 Å². The van der Waals surface area contributed by atoms with Crippen LogP contribution in [-0.2, 0) is 6.42 Å². The highest BCUT2D eigenvalue weighted by molar-refractivity contribution is 5.97. The molecular formula is C13H16O4. The standard InChI is InChI=1S/C13H16O4/c1-7(2)6-9-4-5-10(12(14)15)8(3)11(9)13(16)17/h4-5,7H,6H2,1-3H3,(H,14,15)(H,16,17). The minimum Gasteiger partial charge on any atom is -0.478 e. The number of rotatable bonds is 4. The second-order valence-corrected chi connectivity index (χ2v) is 4.48. The van der Waals surface area contributed by atoms with Gasteiger partial charge in [0.15, 0.2) is 0 Å². The quantitative estimate of drug-likeness (QED) is 0.842. The fraction of sp³-hybridized carbons (Fsp3) is 0.385. The van der Waals surface area contributed by atoms with Crippen LogP contribution in [0.1, 0.15) is 45.7 Å². The van der Waals surface area contributed by atoms with Gasteiger partial charge in [-0.15, -0.1) is 0 Å². The average Bonchev–Trinajstić information content (AvgIpc) is 2.15. The van der Waals surface area contributed by atoms with Crippen molar-refractivity contribution in [2.75, 3.05) is 0 Å². The Morgan fingerprint density at radius 1 is 1.18 bits per heavy atom. The van der Waals surface area contributed by atoms with E-state index in [9.17, 15) is 14.7 Å². The molecule has 0 saturated carbocycles. The molecule has 0 atom stereocenters. The van der Waals surface area contributed by atoms with Crippen molar-refractivity contribution in [3.63, 3.8) is 0 Å². The summed E-state index contributed by atoms with van der Waals surface area (Å²) in [5, 5.41) is 18.1. The van der Waals surface area contributed by atoms with E-state index in [1.54, 1.807) is 6.07 Å². The van der Waals surface area contributed by atoms with Gasteiger partial charge >= 0.3 is 11.9 Å². The fourth-order valence-electron chi connectivity index (χ4n) is 1.91. The van der Waals surface area contributed by atoms with Gasteiger partial charge in [0, 0.05) is 0 Å². The Bertz CT molecular complexity index is 461. The number of hydrogen-bond donors (Lipinski definition) is 2. The summed E-state index contributed by atoms with van der Waals surface area (Å²) >= 11 is 0. The van der Waals surface area contributed by atoms with Gasteiger partial charge in [0.2, 0.25) is 0 Å². The monoisotopic (exact) mass is 236 g/mol. The van der Waals surface area contributed by atoms with E-state index in [0.717, 1.165) is 0 Å². The predicted octanol–water partition coefficient (Wildman–Crippen LogP) is 2.59. The molecule has 0 heterocycles. The first-order chi connectivity index (χ1) is 7.84. The Kier molecular flexibility index (Phi) is 3.89. The van der Waals surface area contributed by atoms with Crippen LogP contribution in [0.2, 0.25) is 0 Å². The molecule has 1 rings (SSSR count). The first-order valence-electron chi connectivity index (χ1n) is 5.43. The lowest BCUT2D eigenvalue weighted by atomic mass is 9.92. The number of carbonyl (C=O) groups is 2. The summed E-state index contributed by atoms with van der Waals surface area (Å²) in [6, 6.07) is 3.07. The van der Waals surface area contributed by atoms with Crippen molar-refractivity contribution in [3.05, 3.63) is 34.4 Å². The summed E-state index contributed by atoms with van der Waals surface area (Å²) < 4.78 is 0. The van der Waals surface area contributed by atoms with Crippen LogP contribution in [0.15, 0.2) is 12.1 Å². The third kappa shape index (κ3) is 2.84. The molecule has 0 saturated heterocycles. The zero-order valence-corrected chi connectivity index (χ0v) is 10.2. The van der Waals surface area contributed by atoms with Crippen LogP contribution in [0.4, 0.5) is 0 Å². The fourth-order valence-corrected chi connectivity index (χ4v) is 1.91. The van der Waals surface area contributed by atoms with Crippen LogP contribution in [0, 0.1) is 12.8 Å². The number of carboxylic acids is 2. The third-order valence-electron chi connectivity index (χ3n) is 2.62. The molecule has 0 aliphatic rings. The van der Waals surface area contributed by atoms with Crippen LogP contribution < -0.4 is 0 Å². The molecule has 4 heteroatoms. The van der Waals surface area contributed by atoms with Crippen molar-refractivity contribution in [3.8, 4) is 0 Å². The van der Waals surface area contributed by atoms with Crippen molar-refractivity contribution in [1.29, 1.82) is 0 Å². The maximum Gasteiger partial charge on any atom is 0.336 e. The molecule has 0 aromatic heterocycles. The summed E-state index contributed by atoms with van der Waals surface area (Å²) in [7, 11) is 0. The highest BCUT2D eigenvalue weighted by Crippen LogP contribution is 2.21. The lowest BCUT2D eigenvalue weighted by Gasteiger charge is -2.13. The molecule has 2 N–H and O–H groups in total. The Morgan fingerprint density at radius 2 is 1.76 bits per heavy atom. The molecule has 0 aliphatic heterocycles. The summed E-state index contributed by atoms with van der Waals surface area (Å²) in [6.45, 7) is 5.52. The van der Waals surface area contributed by atoms with Crippen LogP contribution in [0.3, 0.4) is 0 Å². The Morgan fingerprint density at radius 3 is 2.18 bits per heavy atom. The van der Waals surface area contributed by atoms with Crippen LogP contribution in [-0.4, -0.2) is 22.2 Å². The van der Waals surface area contributed by atoms with E-state index in [1.165, 1.54) is 13.0 Å². The van der Waals surface area contributed by atoms with Crippen molar-refractivity contribution in [2.45, 2.75) is 27.2 Å². The van der Waals surface area contributed by atoms with E-state index in [4.69, 9.17) is 5.11 Å². The number of benzene rings is 1. The smallest absolute Gasteiger partial charge is 0.336 e. The van der Waals surface area contributed by atoms with Gasteiger partial charge in [-0.2, -0.15) is 0 Å². The lowest BCUT2D eigenvalue weighted by molar-refractivity contribution is 0.0694. The van der Waals surface area contributed by atoms with Gasteiger partial charge in [0.25, 0.3) is 0 Å². The normalized spacial score (nSPS) is 10.6. The Hall–Kier alpha value is -1.84. The number of aromatic carboxylic acids is 2. The Labute approximate surface area is 99.9 Å². The zero-order valence-electron chi connectivity index (χ0n) is 10.2. The van der Waals surface area contributed by atoms with E-state index >= 15 is 0 Å². The van der Waals surface area contributed by atoms with E-state index < -0.39 is 11.9 Å². The molecule has 1 aromatic carbocycles. The molecule has 0 aliphatic carbocycles. The van der Waals surface area contributed by atoms with Gasteiger partial charge < -0.3 is 10.2 Å². The van der Waals surface area contributed by atoms with Crippen LogP contribution in [0.5, 0.6) is 0 Å². The van der Waals surface area contributed by atoms with Crippen LogP contribution >= 0.6 is 0 Å². The molecule has 17 heavy (non-hydrogen) atoms. The summed E-state index contributed by atoms with van der Waals surface area (Å²) in [6.07, 6.45) is 0.627. The third-order valence-corrected chi connectivity index (χ3v) is 2.62. The van der Waals surface area contributed by atoms with Gasteiger partial charge in [0.05, 0.1) is 11.1 Å². The van der Waals surface area contributed by atoms with Gasteiger partial charge in [-0.1, -0.05) is 19.9 Å². The first kappa shape index (κ1) is 13.2. The second kappa shape index (κ2) is 4.99. The van der Waals surface area contributed by atoms with Gasteiger partial charge in [-0.05, 0) is 36.5 Å². The molecule has 0 radical (unpaired) electrons. The Balaban J connectivity index is 3.39. The molecule has 4 nitrogen and oxygen atoms in total. The van der Waals surface area contributed by atoms with E-state index in [0.29, 0.717) is 23.5 Å². The van der Waals surface area contributed by atoms with Gasteiger partial charge in [0.1, 0.15) is 0 Å². The topological polar surface area (TPSA) is 74.6 Å². The van der Waals surface area contributed by atoms with Crippen molar-refractivity contribution >= 4 is 11.9 Å². The zero-order chi connectivity index (χ0) is 13.2. The molecule has 0 amide bonds. The second-order valence-electron chi connectivity index (χ2n) is 4.48. The molecule has 0 spiro atoms. The van der Waals surface area contributed by atoms with Gasteiger partial charge in [-0.3, -0.25) is 0 Å². The number of carboxylic acid groups (broad SMARTS) is 2. The molecule has 0 unspecified atom stereocenters. The van der Waals surface area contributed by atoms with Crippen molar-refractivity contribution in [2.24, 2.45) is 5.92 Å². The van der Waals surface area contributed by atoms with Crippen molar-refractivity contribution in [1.82, 2.24) is 0 Å². The highest BCUT2D eigenvalue weighted by atomic mass is 16.4. The predicted molar refractivity (Wildman–Crippen MR) is 63.6 cm³/mol. The lowest BCUT2D eigenvalue weighted by Crippen LogP contribution is -2.12. The summed E-state index contributed by atoms with van der Waals surface area (Å²) in [5.74, 6) is -1.84. The molecule has 0 bridgehead atoms. The summed E-state index contributed by atoms with van der Waals surface area (Å²) in [4.78, 5) is 22.1. The number of hydrogen-bond acceptors (Lipinski definition) is 2. The average molecular weight is 236 g/mol. The summed E-state index contributed by atoms with van der Waals surface area (Å²) in [5.41, 5.74) is 1.19. The molecular weight excluding hydrogens is 220 g/mol. The maximum absolute atomic E-state index is 11.2. The van der Waals surface area contributed by atoms with Crippen LogP contribution in [0.25, 0.3) is 0 Å². The van der Waals surface area contributed by atoms with Crippen molar-refractivity contribution < 1.29 is 19.8 Å².